The molecule has 1 atom stereocenters. The van der Waals surface area contributed by atoms with Crippen molar-refractivity contribution in [3.05, 3.63) is 50.7 Å². The van der Waals surface area contributed by atoms with E-state index in [1.165, 1.54) is 36.3 Å². The van der Waals surface area contributed by atoms with Crippen molar-refractivity contribution in [1.29, 1.82) is 0 Å². The van der Waals surface area contributed by atoms with Crippen LogP contribution in [-0.2, 0) is 6.54 Å². The summed E-state index contributed by atoms with van der Waals surface area (Å²) in [5.74, 6) is 0.228. The molecular weight excluding hydrogens is 373 g/mol. The van der Waals surface area contributed by atoms with Crippen LogP contribution in [0.25, 0.3) is 0 Å². The highest BCUT2D eigenvalue weighted by atomic mass is 35.5. The molecule has 0 radical (unpaired) electrons. The van der Waals surface area contributed by atoms with Crippen molar-refractivity contribution in [2.75, 3.05) is 13.1 Å². The van der Waals surface area contributed by atoms with Crippen LogP contribution in [0.1, 0.15) is 51.8 Å². The van der Waals surface area contributed by atoms with E-state index in [0.717, 1.165) is 36.5 Å². The number of rotatable bonds is 5. The summed E-state index contributed by atoms with van der Waals surface area (Å²) in [5.41, 5.74) is 0.913. The molecule has 2 fully saturated rings. The number of likely N-dealkylation sites (tertiary alicyclic amines) is 1. The number of carbonyl (C=O) groups is 1. The standard InChI is InChI=1S/C19H21ClFN3OS/c20-16-8-14(21)6-5-13(16)10-24-7-1-2-15(11-24)23-18(25)17-9-22-19(26-17)12-3-4-12/h5-6,8-9,12,15H,1-4,7,10-11H2,(H,23,25). The van der Waals surface area contributed by atoms with Gasteiger partial charge in [-0.2, -0.15) is 0 Å². The van der Waals surface area contributed by atoms with Gasteiger partial charge < -0.3 is 5.32 Å². The van der Waals surface area contributed by atoms with Gasteiger partial charge in [0.1, 0.15) is 10.7 Å². The summed E-state index contributed by atoms with van der Waals surface area (Å²) in [6, 6.07) is 4.63. The Hall–Kier alpha value is -1.50. The summed E-state index contributed by atoms with van der Waals surface area (Å²) in [6.07, 6.45) is 6.07. The smallest absolute Gasteiger partial charge is 0.263 e. The molecule has 4 nitrogen and oxygen atoms in total. The third-order valence-corrected chi connectivity index (χ3v) is 6.43. The van der Waals surface area contributed by atoms with Crippen LogP contribution in [0.5, 0.6) is 0 Å². The van der Waals surface area contributed by atoms with Crippen molar-refractivity contribution in [2.24, 2.45) is 0 Å². The summed E-state index contributed by atoms with van der Waals surface area (Å²) >= 11 is 7.66. The van der Waals surface area contributed by atoms with Crippen LogP contribution in [0.4, 0.5) is 4.39 Å². The van der Waals surface area contributed by atoms with Gasteiger partial charge in [0.05, 0.1) is 11.2 Å². The lowest BCUT2D eigenvalue weighted by Crippen LogP contribution is -2.47. The van der Waals surface area contributed by atoms with E-state index in [1.807, 2.05) is 0 Å². The Morgan fingerprint density at radius 1 is 1.38 bits per heavy atom. The Morgan fingerprint density at radius 3 is 3.00 bits per heavy atom. The van der Waals surface area contributed by atoms with Gasteiger partial charge >= 0.3 is 0 Å². The Bertz CT molecular complexity index is 808. The number of halogens is 2. The van der Waals surface area contributed by atoms with Crippen LogP contribution in [0.15, 0.2) is 24.4 Å². The van der Waals surface area contributed by atoms with Gasteiger partial charge in [-0.25, -0.2) is 9.37 Å². The van der Waals surface area contributed by atoms with Gasteiger partial charge in [0, 0.05) is 30.1 Å². The number of aromatic nitrogens is 1. The normalized spacial score (nSPS) is 20.9. The minimum absolute atomic E-state index is 0.0268. The van der Waals surface area contributed by atoms with Gasteiger partial charge in [0.15, 0.2) is 0 Å². The minimum atomic E-state index is -0.322. The second-order valence-corrected chi connectivity index (χ2v) is 8.59. The van der Waals surface area contributed by atoms with E-state index in [2.05, 4.69) is 15.2 Å². The molecule has 1 aliphatic heterocycles. The molecule has 138 valence electrons. The monoisotopic (exact) mass is 393 g/mol. The number of nitrogens with one attached hydrogen (secondary N) is 1. The van der Waals surface area contributed by atoms with Crippen LogP contribution < -0.4 is 5.32 Å². The predicted octanol–water partition coefficient (Wildman–Crippen LogP) is 4.21. The van der Waals surface area contributed by atoms with Crippen molar-refractivity contribution in [3.8, 4) is 0 Å². The molecule has 0 spiro atoms. The van der Waals surface area contributed by atoms with E-state index < -0.39 is 0 Å². The van der Waals surface area contributed by atoms with Crippen molar-refractivity contribution >= 4 is 28.8 Å². The topological polar surface area (TPSA) is 45.2 Å². The summed E-state index contributed by atoms with van der Waals surface area (Å²) in [7, 11) is 0. The third-order valence-electron chi connectivity index (χ3n) is 4.92. The fourth-order valence-electron chi connectivity index (χ4n) is 3.38. The minimum Gasteiger partial charge on any atom is -0.347 e. The van der Waals surface area contributed by atoms with Gasteiger partial charge in [0.25, 0.3) is 5.91 Å². The number of hydrogen-bond donors (Lipinski definition) is 1. The van der Waals surface area contributed by atoms with E-state index in [1.54, 1.807) is 12.3 Å². The average Bonchev–Trinajstić information content (AvgIpc) is 3.34. The van der Waals surface area contributed by atoms with Crippen LogP contribution in [-0.4, -0.2) is 34.9 Å². The number of benzene rings is 1. The van der Waals surface area contributed by atoms with E-state index in [0.29, 0.717) is 22.4 Å². The Balaban J connectivity index is 1.34. The van der Waals surface area contributed by atoms with Gasteiger partial charge in [-0.1, -0.05) is 17.7 Å². The molecule has 1 unspecified atom stereocenters. The van der Waals surface area contributed by atoms with Crippen molar-refractivity contribution in [1.82, 2.24) is 15.2 Å². The molecular formula is C19H21ClFN3OS. The molecule has 1 aromatic carbocycles. The number of piperidine rings is 1. The zero-order chi connectivity index (χ0) is 18.1. The first kappa shape index (κ1) is 17.9. The van der Waals surface area contributed by atoms with Gasteiger partial charge in [0.2, 0.25) is 0 Å². The molecule has 1 aromatic heterocycles. The lowest BCUT2D eigenvalue weighted by atomic mass is 10.0. The number of nitrogens with zero attached hydrogens (tertiary/aromatic N) is 2. The summed E-state index contributed by atoms with van der Waals surface area (Å²) in [6.45, 7) is 2.39. The highest BCUT2D eigenvalue weighted by Gasteiger charge is 2.28. The van der Waals surface area contributed by atoms with Crippen molar-refractivity contribution < 1.29 is 9.18 Å². The molecule has 2 aliphatic rings. The summed E-state index contributed by atoms with van der Waals surface area (Å²) in [5, 5.41) is 4.69. The molecule has 26 heavy (non-hydrogen) atoms. The van der Waals surface area contributed by atoms with Crippen molar-refractivity contribution in [3.63, 3.8) is 0 Å². The quantitative estimate of drug-likeness (QED) is 0.827. The predicted molar refractivity (Wildman–Crippen MR) is 101 cm³/mol. The maximum absolute atomic E-state index is 13.2. The SMILES string of the molecule is O=C(NC1CCCN(Cc2ccc(F)cc2Cl)C1)c1cnc(C2CC2)s1. The number of carbonyl (C=O) groups excluding carboxylic acids is 1. The second kappa shape index (κ2) is 7.62. The van der Waals surface area contributed by atoms with Gasteiger partial charge in [-0.15, -0.1) is 11.3 Å². The summed E-state index contributed by atoms with van der Waals surface area (Å²) in [4.78, 5) is 19.8. The largest absolute Gasteiger partial charge is 0.347 e. The fourth-order valence-corrected chi connectivity index (χ4v) is 4.59. The van der Waals surface area contributed by atoms with Crippen LogP contribution in [0.2, 0.25) is 5.02 Å². The van der Waals surface area contributed by atoms with E-state index in [-0.39, 0.29) is 17.8 Å². The van der Waals surface area contributed by atoms with Gasteiger partial charge in [-0.05, 0) is 49.9 Å². The first-order valence-corrected chi connectivity index (χ1v) is 10.2. The van der Waals surface area contributed by atoms with Crippen molar-refractivity contribution in [2.45, 2.75) is 44.2 Å². The number of hydrogen-bond acceptors (Lipinski definition) is 4. The maximum Gasteiger partial charge on any atom is 0.263 e. The molecule has 1 amide bonds. The zero-order valence-electron chi connectivity index (χ0n) is 14.4. The Kier molecular flexibility index (Phi) is 5.25. The molecule has 0 bridgehead atoms. The second-order valence-electron chi connectivity index (χ2n) is 7.12. The molecule has 1 saturated heterocycles. The molecule has 1 saturated carbocycles. The van der Waals surface area contributed by atoms with Crippen LogP contribution in [0.3, 0.4) is 0 Å². The lowest BCUT2D eigenvalue weighted by molar-refractivity contribution is 0.0904. The number of thiazole rings is 1. The van der Waals surface area contributed by atoms with Gasteiger partial charge in [-0.3, -0.25) is 9.69 Å². The number of amides is 1. The molecule has 1 N–H and O–H groups in total. The average molecular weight is 394 g/mol. The highest BCUT2D eigenvalue weighted by Crippen LogP contribution is 2.41. The fraction of sp³-hybridized carbons (Fsp3) is 0.474. The maximum atomic E-state index is 13.2. The molecule has 2 heterocycles. The van der Waals surface area contributed by atoms with E-state index >= 15 is 0 Å². The zero-order valence-corrected chi connectivity index (χ0v) is 16.0. The molecule has 7 heteroatoms. The van der Waals surface area contributed by atoms with Crippen LogP contribution >= 0.6 is 22.9 Å². The highest BCUT2D eigenvalue weighted by molar-refractivity contribution is 7.13. The van der Waals surface area contributed by atoms with Crippen LogP contribution in [0, 0.1) is 5.82 Å². The van der Waals surface area contributed by atoms with E-state index in [9.17, 15) is 9.18 Å². The summed E-state index contributed by atoms with van der Waals surface area (Å²) < 4.78 is 13.2. The first-order chi connectivity index (χ1) is 12.6. The Morgan fingerprint density at radius 2 is 2.23 bits per heavy atom. The molecule has 4 rings (SSSR count). The molecule has 1 aliphatic carbocycles. The van der Waals surface area contributed by atoms with E-state index in [4.69, 9.17) is 11.6 Å². The Labute approximate surface area is 161 Å². The molecule has 2 aromatic rings. The first-order valence-electron chi connectivity index (χ1n) is 9.01. The lowest BCUT2D eigenvalue weighted by Gasteiger charge is -2.33. The third kappa shape index (κ3) is 4.24.